The number of H-pyrrole nitrogens is 1. The van der Waals surface area contributed by atoms with E-state index in [4.69, 9.17) is 12.2 Å². The normalized spacial score (nSPS) is 18.1. The molecule has 1 aliphatic heterocycles. The molecule has 31 heavy (non-hydrogen) atoms. The van der Waals surface area contributed by atoms with Gasteiger partial charge in [0.05, 0.1) is 23.5 Å². The molecule has 158 valence electrons. The molecule has 0 saturated heterocycles. The molecule has 6 nitrogen and oxygen atoms in total. The smallest absolute Gasteiger partial charge is 0.260 e. The first-order chi connectivity index (χ1) is 15.0. The first-order valence-electron chi connectivity index (χ1n) is 9.95. The second-order valence-corrected chi connectivity index (χ2v) is 7.96. The number of aryl methyl sites for hydroxylation is 1. The maximum absolute atomic E-state index is 14.0. The zero-order valence-corrected chi connectivity index (χ0v) is 17.5. The molecule has 3 heterocycles. The molecule has 0 amide bonds. The fourth-order valence-corrected chi connectivity index (χ4v) is 4.35. The minimum Gasteiger partial charge on any atom is -0.363 e. The maximum atomic E-state index is 14.0. The highest BCUT2D eigenvalue weighted by Gasteiger charge is 2.36. The summed E-state index contributed by atoms with van der Waals surface area (Å²) in [5.41, 5.74) is 3.45. The fourth-order valence-electron chi connectivity index (χ4n) is 4.12. The van der Waals surface area contributed by atoms with E-state index in [1.165, 1.54) is 4.68 Å². The molecule has 5 rings (SSSR count). The van der Waals surface area contributed by atoms with Crippen molar-refractivity contribution in [2.24, 2.45) is 0 Å². The van der Waals surface area contributed by atoms with Gasteiger partial charge in [-0.15, -0.1) is 0 Å². The molecule has 0 unspecified atom stereocenters. The van der Waals surface area contributed by atoms with Gasteiger partial charge in [0, 0.05) is 0 Å². The number of hydrogen-bond acceptors (Lipinski definition) is 4. The number of nitrogens with one attached hydrogen (secondary N) is 2. The number of halogens is 2. The number of alkyl halides is 2. The lowest BCUT2D eigenvalue weighted by Gasteiger charge is -2.32. The molecule has 2 atom stereocenters. The lowest BCUT2D eigenvalue weighted by atomic mass is 9.97. The molecule has 2 aromatic heterocycles. The highest BCUT2D eigenvalue weighted by atomic mass is 32.1. The van der Waals surface area contributed by atoms with Crippen LogP contribution < -0.4 is 5.32 Å². The van der Waals surface area contributed by atoms with Crippen molar-refractivity contribution < 1.29 is 8.78 Å². The van der Waals surface area contributed by atoms with Crippen molar-refractivity contribution in [3.05, 3.63) is 76.7 Å². The van der Waals surface area contributed by atoms with E-state index >= 15 is 0 Å². The molecule has 2 N–H and O–H groups in total. The predicted octanol–water partition coefficient (Wildman–Crippen LogP) is 5.46. The van der Waals surface area contributed by atoms with Crippen LogP contribution in [0.4, 0.5) is 14.6 Å². The van der Waals surface area contributed by atoms with E-state index in [9.17, 15) is 8.78 Å². The zero-order valence-electron chi connectivity index (χ0n) is 16.7. The third-order valence-corrected chi connectivity index (χ3v) is 5.93. The Morgan fingerprint density at radius 2 is 1.84 bits per heavy atom. The Morgan fingerprint density at radius 1 is 1.10 bits per heavy atom. The topological polar surface area (TPSA) is 63.5 Å². The lowest BCUT2D eigenvalue weighted by molar-refractivity contribution is 0.0659. The number of rotatable bonds is 4. The van der Waals surface area contributed by atoms with Gasteiger partial charge in [-0.3, -0.25) is 9.67 Å². The summed E-state index contributed by atoms with van der Waals surface area (Å²) in [5.74, 6) is 1.03. The molecule has 1 aliphatic rings. The highest BCUT2D eigenvalue weighted by Crippen LogP contribution is 2.42. The molecule has 0 bridgehead atoms. The molecule has 2 aromatic carbocycles. The summed E-state index contributed by atoms with van der Waals surface area (Å²) in [6, 6.07) is 16.1. The van der Waals surface area contributed by atoms with Crippen LogP contribution in [-0.4, -0.2) is 31.0 Å². The first kappa shape index (κ1) is 19.6. The van der Waals surface area contributed by atoms with Gasteiger partial charge in [-0.25, -0.2) is 13.5 Å². The summed E-state index contributed by atoms with van der Waals surface area (Å²) in [6.07, 6.45) is -0.734. The van der Waals surface area contributed by atoms with Gasteiger partial charge in [-0.2, -0.15) is 10.2 Å². The number of para-hydroxylation sites is 1. The monoisotopic (exact) mass is 438 g/mol. The average molecular weight is 439 g/mol. The number of anilines is 1. The van der Waals surface area contributed by atoms with Crippen LogP contribution in [0.15, 0.2) is 60.8 Å². The van der Waals surface area contributed by atoms with E-state index < -0.39 is 12.5 Å². The number of aromatic amines is 1. The molecular weight excluding hydrogens is 418 g/mol. The average Bonchev–Trinajstić information content (AvgIpc) is 3.37. The maximum Gasteiger partial charge on any atom is 0.260 e. The third kappa shape index (κ3) is 3.34. The summed E-state index contributed by atoms with van der Waals surface area (Å²) in [5, 5.41) is 15.0. The van der Waals surface area contributed by atoms with Crippen molar-refractivity contribution in [2.75, 3.05) is 5.32 Å². The Kier molecular flexibility index (Phi) is 4.90. The highest BCUT2D eigenvalue weighted by molar-refractivity contribution is 7.71. The molecule has 0 spiro atoms. The minimum atomic E-state index is -2.54. The van der Waals surface area contributed by atoms with Gasteiger partial charge in [0.25, 0.3) is 6.43 Å². The van der Waals surface area contributed by atoms with E-state index in [-0.39, 0.29) is 12.5 Å². The largest absolute Gasteiger partial charge is 0.363 e. The van der Waals surface area contributed by atoms with Gasteiger partial charge >= 0.3 is 0 Å². The quantitative estimate of drug-likeness (QED) is 0.415. The number of benzene rings is 2. The summed E-state index contributed by atoms with van der Waals surface area (Å²) in [4.78, 5) is 0. The summed E-state index contributed by atoms with van der Waals surface area (Å²) in [6.45, 7) is 1.98. The lowest BCUT2D eigenvalue weighted by Crippen LogP contribution is -2.31. The Labute approximate surface area is 182 Å². The van der Waals surface area contributed by atoms with Gasteiger partial charge in [-0.1, -0.05) is 48.5 Å². The van der Waals surface area contributed by atoms with Crippen molar-refractivity contribution in [1.29, 1.82) is 0 Å². The van der Waals surface area contributed by atoms with Gasteiger partial charge in [0.1, 0.15) is 11.9 Å². The molecule has 0 radical (unpaired) electrons. The van der Waals surface area contributed by atoms with E-state index in [2.05, 4.69) is 20.6 Å². The number of fused-ring (bicyclic) bond motifs is 1. The molecular formula is C22H20F2N6S. The van der Waals surface area contributed by atoms with Crippen molar-refractivity contribution in [1.82, 2.24) is 24.5 Å². The van der Waals surface area contributed by atoms with E-state index in [0.29, 0.717) is 22.0 Å². The fraction of sp³-hybridized carbons (Fsp3) is 0.227. The Balaban J connectivity index is 1.65. The standard InChI is InChI=1S/C22H20F2N6S/c1-13-7-5-6-10-17(13)29-21(27-28-22(29)31)15-12-25-30-18(19(23)24)11-16(26-20(15)30)14-8-3-2-4-9-14/h2-10,12,16,18-19,26H,11H2,1H3,(H,28,31)/t16-,18+/m0/s1. The summed E-state index contributed by atoms with van der Waals surface area (Å²) >= 11 is 5.48. The third-order valence-electron chi connectivity index (χ3n) is 5.66. The van der Waals surface area contributed by atoms with Crippen molar-refractivity contribution >= 4 is 18.0 Å². The Bertz CT molecular complexity index is 1280. The number of aromatic nitrogens is 5. The molecule has 0 aliphatic carbocycles. The van der Waals surface area contributed by atoms with Crippen LogP contribution in [0, 0.1) is 11.7 Å². The zero-order chi connectivity index (χ0) is 21.5. The Hall–Kier alpha value is -3.33. The van der Waals surface area contributed by atoms with Crippen LogP contribution >= 0.6 is 12.2 Å². The van der Waals surface area contributed by atoms with Crippen molar-refractivity contribution in [2.45, 2.75) is 31.9 Å². The van der Waals surface area contributed by atoms with Crippen LogP contribution in [0.3, 0.4) is 0 Å². The van der Waals surface area contributed by atoms with Crippen molar-refractivity contribution in [3.63, 3.8) is 0 Å². The van der Waals surface area contributed by atoms with E-state index in [1.807, 2.05) is 66.1 Å². The molecule has 0 saturated carbocycles. The first-order valence-corrected chi connectivity index (χ1v) is 10.4. The van der Waals surface area contributed by atoms with Gasteiger partial charge in [-0.05, 0) is 42.8 Å². The number of nitrogens with zero attached hydrogens (tertiary/aromatic N) is 4. The van der Waals surface area contributed by atoms with Gasteiger partial charge in [0.2, 0.25) is 0 Å². The number of hydrogen-bond donors (Lipinski definition) is 2. The summed E-state index contributed by atoms with van der Waals surface area (Å²) < 4.78 is 31.5. The molecule has 4 aromatic rings. The van der Waals surface area contributed by atoms with E-state index in [1.54, 1.807) is 6.20 Å². The Morgan fingerprint density at radius 3 is 2.58 bits per heavy atom. The van der Waals surface area contributed by atoms with Crippen LogP contribution in [0.1, 0.15) is 29.6 Å². The molecule has 9 heteroatoms. The van der Waals surface area contributed by atoms with Crippen molar-refractivity contribution in [3.8, 4) is 17.1 Å². The van der Waals surface area contributed by atoms with Gasteiger partial charge < -0.3 is 5.32 Å². The second-order valence-electron chi connectivity index (χ2n) is 7.57. The second kappa shape index (κ2) is 7.73. The SMILES string of the molecule is Cc1ccccc1-n1c(-c2cnn3c2N[C@H](c2ccccc2)C[C@@H]3C(F)F)n[nH]c1=S. The van der Waals surface area contributed by atoms with Crippen LogP contribution in [0.5, 0.6) is 0 Å². The summed E-state index contributed by atoms with van der Waals surface area (Å²) in [7, 11) is 0. The van der Waals surface area contributed by atoms with Crippen LogP contribution in [0.25, 0.3) is 17.1 Å². The minimum absolute atomic E-state index is 0.237. The van der Waals surface area contributed by atoms with Crippen LogP contribution in [0.2, 0.25) is 0 Å². The predicted molar refractivity (Wildman–Crippen MR) is 117 cm³/mol. The van der Waals surface area contributed by atoms with Crippen LogP contribution in [-0.2, 0) is 0 Å². The van der Waals surface area contributed by atoms with E-state index in [0.717, 1.165) is 16.8 Å². The van der Waals surface area contributed by atoms with Gasteiger partial charge in [0.15, 0.2) is 10.6 Å². The molecule has 0 fully saturated rings.